The molecule has 0 amide bonds. The first-order valence-corrected chi connectivity index (χ1v) is 5.76. The van der Waals surface area contributed by atoms with E-state index in [1.807, 2.05) is 0 Å². The monoisotopic (exact) mass is 272 g/mol. The highest BCUT2D eigenvalue weighted by molar-refractivity contribution is 5.02. The summed E-state index contributed by atoms with van der Waals surface area (Å²) in [5.41, 5.74) is -0.868. The van der Waals surface area contributed by atoms with Gasteiger partial charge in [0.1, 0.15) is 6.10 Å². The lowest BCUT2D eigenvalue weighted by atomic mass is 10.1. The first-order chi connectivity index (χ1) is 8.92. The molecule has 0 bridgehead atoms. The van der Waals surface area contributed by atoms with Gasteiger partial charge in [0.15, 0.2) is 12.0 Å². The minimum Gasteiger partial charge on any atom is -0.391 e. The van der Waals surface area contributed by atoms with Crippen LogP contribution in [0.2, 0.25) is 0 Å². The van der Waals surface area contributed by atoms with Crippen LogP contribution in [0.15, 0.2) is 15.8 Å². The molecule has 2 rings (SSSR count). The van der Waals surface area contributed by atoms with Gasteiger partial charge in [0, 0.05) is 25.3 Å². The smallest absolute Gasteiger partial charge is 0.330 e. The first-order valence-electron chi connectivity index (χ1n) is 5.76. The van der Waals surface area contributed by atoms with Crippen LogP contribution in [-0.2, 0) is 9.47 Å². The highest BCUT2D eigenvalue weighted by Crippen LogP contribution is 2.36. The Kier molecular flexibility index (Phi) is 3.59. The van der Waals surface area contributed by atoms with Crippen molar-refractivity contribution >= 4 is 0 Å². The minimum absolute atomic E-state index is 0.0231. The van der Waals surface area contributed by atoms with Crippen molar-refractivity contribution in [3.8, 4) is 0 Å². The number of nitrogens with zero attached hydrogens (tertiary/aromatic N) is 1. The first kappa shape index (κ1) is 13.9. The van der Waals surface area contributed by atoms with Crippen LogP contribution in [0.3, 0.4) is 0 Å². The van der Waals surface area contributed by atoms with Crippen molar-refractivity contribution in [2.45, 2.75) is 31.5 Å². The number of aromatic nitrogens is 2. The van der Waals surface area contributed by atoms with Crippen molar-refractivity contribution in [2.24, 2.45) is 0 Å². The fourth-order valence-electron chi connectivity index (χ4n) is 2.08. The number of nitrogens with one attached hydrogen (secondary N) is 1. The summed E-state index contributed by atoms with van der Waals surface area (Å²) in [5, 5.41) is 19.2. The van der Waals surface area contributed by atoms with Gasteiger partial charge in [-0.15, -0.1) is 0 Å². The molecule has 106 valence electrons. The molecule has 8 nitrogen and oxygen atoms in total. The van der Waals surface area contributed by atoms with Gasteiger partial charge in [-0.05, 0) is 6.92 Å². The summed E-state index contributed by atoms with van der Waals surface area (Å²) in [4.78, 5) is 25.1. The molecule has 0 radical (unpaired) electrons. The van der Waals surface area contributed by atoms with Gasteiger partial charge in [-0.3, -0.25) is 14.3 Å². The zero-order valence-corrected chi connectivity index (χ0v) is 10.6. The van der Waals surface area contributed by atoms with Gasteiger partial charge >= 0.3 is 5.69 Å². The Hall–Kier alpha value is -1.48. The molecule has 19 heavy (non-hydrogen) atoms. The Morgan fingerprint density at radius 2 is 2.32 bits per heavy atom. The van der Waals surface area contributed by atoms with Crippen LogP contribution in [0.1, 0.15) is 18.2 Å². The number of ether oxygens (including phenoxy) is 2. The largest absolute Gasteiger partial charge is 0.391 e. The maximum absolute atomic E-state index is 11.7. The lowest BCUT2D eigenvalue weighted by Gasteiger charge is -2.25. The van der Waals surface area contributed by atoms with Crippen molar-refractivity contribution in [1.82, 2.24) is 9.55 Å². The van der Waals surface area contributed by atoms with E-state index >= 15 is 0 Å². The maximum atomic E-state index is 11.7. The van der Waals surface area contributed by atoms with Crippen LogP contribution in [-0.4, -0.2) is 45.4 Å². The molecule has 3 N–H and O–H groups in total. The van der Waals surface area contributed by atoms with Gasteiger partial charge in [-0.1, -0.05) is 0 Å². The van der Waals surface area contributed by atoms with Crippen LogP contribution >= 0.6 is 0 Å². The summed E-state index contributed by atoms with van der Waals surface area (Å²) in [6.45, 7) is 1.08. The number of hydrogen-bond donors (Lipinski definition) is 3. The van der Waals surface area contributed by atoms with E-state index in [1.54, 1.807) is 0 Å². The molecule has 1 aromatic rings. The summed E-state index contributed by atoms with van der Waals surface area (Å²) in [7, 11) is 1.34. The fourth-order valence-corrected chi connectivity index (χ4v) is 2.08. The van der Waals surface area contributed by atoms with Crippen LogP contribution in [0, 0.1) is 6.92 Å². The molecular weight excluding hydrogens is 256 g/mol. The summed E-state index contributed by atoms with van der Waals surface area (Å²) in [6.07, 6.45) is -0.724. The number of aliphatic hydroxyl groups excluding tert-OH is 2. The number of methoxy groups -OCH3 is 1. The second kappa shape index (κ2) is 4.89. The van der Waals surface area contributed by atoms with Crippen LogP contribution in [0.25, 0.3) is 0 Å². The quantitative estimate of drug-likeness (QED) is 0.614. The summed E-state index contributed by atoms with van der Waals surface area (Å²) < 4.78 is 11.6. The number of rotatable bonds is 3. The Morgan fingerprint density at radius 3 is 2.84 bits per heavy atom. The van der Waals surface area contributed by atoms with E-state index in [0.29, 0.717) is 5.56 Å². The molecule has 1 saturated heterocycles. The fraction of sp³-hybridized carbons (Fsp3) is 0.636. The molecule has 0 spiro atoms. The molecule has 1 aromatic heterocycles. The van der Waals surface area contributed by atoms with E-state index in [0.717, 1.165) is 4.57 Å². The Balaban J connectivity index is 2.41. The lowest BCUT2D eigenvalue weighted by Crippen LogP contribution is -2.38. The van der Waals surface area contributed by atoms with Crippen molar-refractivity contribution < 1.29 is 19.7 Å². The van der Waals surface area contributed by atoms with Gasteiger partial charge < -0.3 is 19.7 Å². The molecule has 1 fully saturated rings. The molecule has 1 aliphatic rings. The molecule has 0 aliphatic carbocycles. The number of aryl methyl sites for hydroxylation is 1. The van der Waals surface area contributed by atoms with E-state index in [9.17, 15) is 19.8 Å². The predicted octanol–water partition coefficient (Wildman–Crippen LogP) is -1.54. The van der Waals surface area contributed by atoms with Crippen LogP contribution in [0.5, 0.6) is 0 Å². The van der Waals surface area contributed by atoms with Crippen molar-refractivity contribution in [3.05, 3.63) is 32.6 Å². The van der Waals surface area contributed by atoms with E-state index in [2.05, 4.69) is 4.98 Å². The minimum atomic E-state index is -1.34. The normalized spacial score (nSPS) is 30.7. The Bertz CT molecular complexity index is 573. The molecule has 2 heterocycles. The number of aromatic amines is 1. The summed E-state index contributed by atoms with van der Waals surface area (Å²) >= 11 is 0. The van der Waals surface area contributed by atoms with Gasteiger partial charge in [-0.2, -0.15) is 0 Å². The van der Waals surface area contributed by atoms with Gasteiger partial charge in [-0.25, -0.2) is 4.79 Å². The predicted molar refractivity (Wildman–Crippen MR) is 63.6 cm³/mol. The lowest BCUT2D eigenvalue weighted by molar-refractivity contribution is -0.243. The standard InChI is InChI=1S/C11H16N2O6/c1-6-4-13(10(17)12-8(6)16)9-7(15)3-11(5-14,18-2)19-9/h4,7,9,14-15H,3,5H2,1-2H3,(H,12,16,17)/t7-,9+,11?/m0/s1. The van der Waals surface area contributed by atoms with E-state index in [1.165, 1.54) is 20.2 Å². The zero-order chi connectivity index (χ0) is 14.2. The van der Waals surface area contributed by atoms with Crippen LogP contribution < -0.4 is 11.2 Å². The molecule has 1 aliphatic heterocycles. The molecule has 1 unspecified atom stereocenters. The van der Waals surface area contributed by atoms with Gasteiger partial charge in [0.25, 0.3) is 5.56 Å². The highest BCUT2D eigenvalue weighted by atomic mass is 16.7. The third-order valence-electron chi connectivity index (χ3n) is 3.22. The average Bonchev–Trinajstić information content (AvgIpc) is 2.72. The maximum Gasteiger partial charge on any atom is 0.330 e. The summed E-state index contributed by atoms with van der Waals surface area (Å²) in [6, 6.07) is 0. The Morgan fingerprint density at radius 1 is 1.63 bits per heavy atom. The summed E-state index contributed by atoms with van der Waals surface area (Å²) in [5.74, 6) is -1.34. The molecule has 0 saturated carbocycles. The van der Waals surface area contributed by atoms with Crippen molar-refractivity contribution in [2.75, 3.05) is 13.7 Å². The van der Waals surface area contributed by atoms with Gasteiger partial charge in [0.2, 0.25) is 0 Å². The topological polar surface area (TPSA) is 114 Å². The molecule has 0 aromatic carbocycles. The molecular formula is C11H16N2O6. The van der Waals surface area contributed by atoms with Crippen molar-refractivity contribution in [1.29, 1.82) is 0 Å². The van der Waals surface area contributed by atoms with Gasteiger partial charge in [0.05, 0.1) is 6.61 Å². The third kappa shape index (κ3) is 2.35. The zero-order valence-electron chi connectivity index (χ0n) is 10.6. The second-order valence-electron chi connectivity index (χ2n) is 4.53. The van der Waals surface area contributed by atoms with Crippen LogP contribution in [0.4, 0.5) is 0 Å². The molecule has 8 heteroatoms. The average molecular weight is 272 g/mol. The van der Waals surface area contributed by atoms with E-state index < -0.39 is 36.0 Å². The third-order valence-corrected chi connectivity index (χ3v) is 3.22. The SMILES string of the molecule is COC1(CO)C[C@H](O)[C@H](n2cc(C)c(=O)[nH]c2=O)O1. The molecule has 3 atom stereocenters. The number of hydrogen-bond acceptors (Lipinski definition) is 6. The Labute approximate surface area is 108 Å². The second-order valence-corrected chi connectivity index (χ2v) is 4.53. The van der Waals surface area contributed by atoms with E-state index in [4.69, 9.17) is 9.47 Å². The number of aliphatic hydroxyl groups is 2. The van der Waals surface area contributed by atoms with E-state index in [-0.39, 0.29) is 6.42 Å². The highest BCUT2D eigenvalue weighted by Gasteiger charge is 2.47. The number of H-pyrrole nitrogens is 1. The van der Waals surface area contributed by atoms with Crippen molar-refractivity contribution in [3.63, 3.8) is 0 Å².